The second-order valence-electron chi connectivity index (χ2n) is 5.09. The van der Waals surface area contributed by atoms with Crippen molar-refractivity contribution in [1.82, 2.24) is 4.57 Å². The average molecular weight is 217 g/mol. The molecule has 2 heteroatoms. The van der Waals surface area contributed by atoms with Gasteiger partial charge in [0.25, 0.3) is 0 Å². The lowest BCUT2D eigenvalue weighted by molar-refractivity contribution is 0.340. The quantitative estimate of drug-likeness (QED) is 0.678. The predicted molar refractivity (Wildman–Crippen MR) is 64.0 cm³/mol. The van der Waals surface area contributed by atoms with E-state index >= 15 is 0 Å². The van der Waals surface area contributed by atoms with E-state index in [0.29, 0.717) is 0 Å². The van der Waals surface area contributed by atoms with E-state index in [1.165, 1.54) is 25.7 Å². The second-order valence-corrected chi connectivity index (χ2v) is 5.09. The molecule has 0 unspecified atom stereocenters. The van der Waals surface area contributed by atoms with Gasteiger partial charge in [-0.15, -0.1) is 0 Å². The molecule has 2 aromatic rings. The van der Waals surface area contributed by atoms with Crippen molar-refractivity contribution >= 4 is 10.9 Å². The molecule has 0 saturated heterocycles. The highest BCUT2D eigenvalue weighted by atomic mass is 19.1. The van der Waals surface area contributed by atoms with Crippen molar-refractivity contribution in [3.05, 3.63) is 36.3 Å². The van der Waals surface area contributed by atoms with Crippen molar-refractivity contribution < 1.29 is 4.39 Å². The first-order chi connectivity index (χ1) is 7.69. The van der Waals surface area contributed by atoms with Gasteiger partial charge in [-0.3, -0.25) is 0 Å². The van der Waals surface area contributed by atoms with Crippen molar-refractivity contribution in [2.45, 2.75) is 38.1 Å². The first-order valence-electron chi connectivity index (χ1n) is 5.96. The SMILES string of the molecule is CC1(n2ccc3cc(F)ccc32)CCCC1. The fraction of sp³-hybridized carbons (Fsp3) is 0.429. The Morgan fingerprint density at radius 3 is 2.69 bits per heavy atom. The minimum Gasteiger partial charge on any atom is -0.342 e. The Kier molecular flexibility index (Phi) is 2.06. The summed E-state index contributed by atoms with van der Waals surface area (Å²) in [5.41, 5.74) is 1.39. The Morgan fingerprint density at radius 2 is 1.94 bits per heavy atom. The number of hydrogen-bond donors (Lipinski definition) is 0. The summed E-state index contributed by atoms with van der Waals surface area (Å²) in [7, 11) is 0. The van der Waals surface area contributed by atoms with E-state index in [-0.39, 0.29) is 11.4 Å². The van der Waals surface area contributed by atoms with Gasteiger partial charge in [0.1, 0.15) is 5.82 Å². The van der Waals surface area contributed by atoms with Crippen molar-refractivity contribution in [1.29, 1.82) is 0 Å². The highest BCUT2D eigenvalue weighted by Crippen LogP contribution is 2.38. The van der Waals surface area contributed by atoms with Crippen LogP contribution in [0, 0.1) is 5.82 Å². The van der Waals surface area contributed by atoms with Gasteiger partial charge in [-0.1, -0.05) is 12.8 Å². The van der Waals surface area contributed by atoms with Crippen LogP contribution in [0.1, 0.15) is 32.6 Å². The summed E-state index contributed by atoms with van der Waals surface area (Å²) >= 11 is 0. The molecule has 1 aromatic heterocycles. The third kappa shape index (κ3) is 1.36. The van der Waals surface area contributed by atoms with Crippen LogP contribution in [0.4, 0.5) is 4.39 Å². The van der Waals surface area contributed by atoms with Gasteiger partial charge in [0, 0.05) is 22.6 Å². The summed E-state index contributed by atoms with van der Waals surface area (Å²) in [4.78, 5) is 0. The summed E-state index contributed by atoms with van der Waals surface area (Å²) in [6, 6.07) is 7.08. The Hall–Kier alpha value is -1.31. The molecule has 1 saturated carbocycles. The van der Waals surface area contributed by atoms with E-state index in [0.717, 1.165) is 10.9 Å². The maximum absolute atomic E-state index is 13.1. The molecule has 1 aliphatic carbocycles. The van der Waals surface area contributed by atoms with Gasteiger partial charge in [-0.25, -0.2) is 4.39 Å². The molecule has 1 aromatic carbocycles. The fourth-order valence-electron chi connectivity index (χ4n) is 2.96. The highest BCUT2D eigenvalue weighted by molar-refractivity contribution is 5.80. The van der Waals surface area contributed by atoms with Gasteiger partial charge in [-0.05, 0) is 44.0 Å². The van der Waals surface area contributed by atoms with Crippen LogP contribution in [-0.4, -0.2) is 4.57 Å². The summed E-state index contributed by atoms with van der Waals surface area (Å²) in [6.07, 6.45) is 7.17. The number of rotatable bonds is 1. The van der Waals surface area contributed by atoms with Crippen molar-refractivity contribution in [3.63, 3.8) is 0 Å². The molecule has 0 radical (unpaired) electrons. The maximum atomic E-state index is 13.1. The maximum Gasteiger partial charge on any atom is 0.123 e. The monoisotopic (exact) mass is 217 g/mol. The fourth-order valence-corrected chi connectivity index (χ4v) is 2.96. The van der Waals surface area contributed by atoms with Gasteiger partial charge >= 0.3 is 0 Å². The molecule has 0 aliphatic heterocycles. The molecule has 0 atom stereocenters. The van der Waals surface area contributed by atoms with Gasteiger partial charge in [-0.2, -0.15) is 0 Å². The minimum absolute atomic E-state index is 0.151. The average Bonchev–Trinajstić information content (AvgIpc) is 2.84. The molecule has 1 fully saturated rings. The number of aromatic nitrogens is 1. The van der Waals surface area contributed by atoms with E-state index in [4.69, 9.17) is 0 Å². The van der Waals surface area contributed by atoms with Crippen LogP contribution in [0.5, 0.6) is 0 Å². The predicted octanol–water partition coefficient (Wildman–Crippen LogP) is 4.07. The number of benzene rings is 1. The largest absolute Gasteiger partial charge is 0.342 e. The molecule has 1 heterocycles. The van der Waals surface area contributed by atoms with E-state index in [1.54, 1.807) is 12.1 Å². The number of hydrogen-bond acceptors (Lipinski definition) is 0. The van der Waals surface area contributed by atoms with E-state index < -0.39 is 0 Å². The smallest absolute Gasteiger partial charge is 0.123 e. The van der Waals surface area contributed by atoms with Crippen LogP contribution in [0.2, 0.25) is 0 Å². The van der Waals surface area contributed by atoms with Crippen molar-refractivity contribution in [2.24, 2.45) is 0 Å². The lowest BCUT2D eigenvalue weighted by Crippen LogP contribution is -2.25. The molecule has 16 heavy (non-hydrogen) atoms. The second kappa shape index (κ2) is 3.34. The van der Waals surface area contributed by atoms with Gasteiger partial charge in [0.15, 0.2) is 0 Å². The first kappa shape index (κ1) is 9.88. The highest BCUT2D eigenvalue weighted by Gasteiger charge is 2.30. The third-order valence-corrected chi connectivity index (χ3v) is 3.91. The van der Waals surface area contributed by atoms with Crippen LogP contribution in [0.15, 0.2) is 30.5 Å². The Bertz CT molecular complexity index is 521. The topological polar surface area (TPSA) is 4.93 Å². The first-order valence-corrected chi connectivity index (χ1v) is 5.96. The molecular weight excluding hydrogens is 201 g/mol. The standard InChI is InChI=1S/C14H16FN/c1-14(7-2-3-8-14)16-9-6-11-10-12(15)4-5-13(11)16/h4-6,9-10H,2-3,7-8H2,1H3. The molecule has 1 nitrogen and oxygen atoms in total. The van der Waals surface area contributed by atoms with Gasteiger partial charge in [0.05, 0.1) is 0 Å². The van der Waals surface area contributed by atoms with Crippen LogP contribution >= 0.6 is 0 Å². The lowest BCUT2D eigenvalue weighted by Gasteiger charge is -2.27. The van der Waals surface area contributed by atoms with Crippen LogP contribution in [0.25, 0.3) is 10.9 Å². The Balaban J connectivity index is 2.17. The van der Waals surface area contributed by atoms with E-state index in [9.17, 15) is 4.39 Å². The summed E-state index contributed by atoms with van der Waals surface area (Å²) in [6.45, 7) is 2.31. The zero-order valence-electron chi connectivity index (χ0n) is 9.54. The number of fused-ring (bicyclic) bond motifs is 1. The lowest BCUT2D eigenvalue weighted by atomic mass is 10.0. The van der Waals surface area contributed by atoms with Crippen LogP contribution in [-0.2, 0) is 5.54 Å². The third-order valence-electron chi connectivity index (χ3n) is 3.91. The molecule has 0 spiro atoms. The van der Waals surface area contributed by atoms with Gasteiger partial charge < -0.3 is 4.57 Å². The molecule has 0 amide bonds. The van der Waals surface area contributed by atoms with E-state index in [2.05, 4.69) is 17.7 Å². The minimum atomic E-state index is -0.151. The van der Waals surface area contributed by atoms with E-state index in [1.807, 2.05) is 12.1 Å². The van der Waals surface area contributed by atoms with Crippen LogP contribution < -0.4 is 0 Å². The molecule has 0 N–H and O–H groups in total. The molecule has 3 rings (SSSR count). The zero-order chi connectivity index (χ0) is 11.2. The normalized spacial score (nSPS) is 19.4. The molecule has 84 valence electrons. The molecule has 1 aliphatic rings. The number of nitrogens with zero attached hydrogens (tertiary/aromatic N) is 1. The molecule has 0 bridgehead atoms. The van der Waals surface area contributed by atoms with Crippen LogP contribution in [0.3, 0.4) is 0 Å². The van der Waals surface area contributed by atoms with Crippen molar-refractivity contribution in [3.8, 4) is 0 Å². The summed E-state index contributed by atoms with van der Waals surface area (Å²) in [5, 5.41) is 1.01. The number of halogens is 1. The Morgan fingerprint density at radius 1 is 1.19 bits per heavy atom. The Labute approximate surface area is 94.9 Å². The zero-order valence-corrected chi connectivity index (χ0v) is 9.54. The summed E-state index contributed by atoms with van der Waals surface area (Å²) in [5.74, 6) is -0.151. The van der Waals surface area contributed by atoms with Crippen molar-refractivity contribution in [2.75, 3.05) is 0 Å². The van der Waals surface area contributed by atoms with Gasteiger partial charge in [0.2, 0.25) is 0 Å². The summed E-state index contributed by atoms with van der Waals surface area (Å²) < 4.78 is 15.4. The molecular formula is C14H16FN.